The summed E-state index contributed by atoms with van der Waals surface area (Å²) in [5.41, 5.74) is 1.23. The summed E-state index contributed by atoms with van der Waals surface area (Å²) in [5.74, 6) is 0.316. The molecule has 0 aliphatic carbocycles. The van der Waals surface area contributed by atoms with Crippen molar-refractivity contribution in [2.24, 2.45) is 5.92 Å². The molecule has 0 bridgehead atoms. The Morgan fingerprint density at radius 1 is 1.47 bits per heavy atom. The molecule has 3 nitrogen and oxygen atoms in total. The average molecular weight is 208 g/mol. The molecule has 2 N–H and O–H groups in total. The summed E-state index contributed by atoms with van der Waals surface area (Å²) in [6, 6.07) is 4.01. The molecule has 84 valence electrons. The summed E-state index contributed by atoms with van der Waals surface area (Å²) < 4.78 is 0. The van der Waals surface area contributed by atoms with Crippen LogP contribution in [0, 0.1) is 5.92 Å². The minimum atomic E-state index is -0.251. The first-order chi connectivity index (χ1) is 7.20. The fourth-order valence-electron chi connectivity index (χ4n) is 1.26. The van der Waals surface area contributed by atoms with Gasteiger partial charge in [0.15, 0.2) is 0 Å². The van der Waals surface area contributed by atoms with Gasteiger partial charge in [-0.2, -0.15) is 0 Å². The minimum absolute atomic E-state index is 0.251. The van der Waals surface area contributed by atoms with Crippen molar-refractivity contribution in [1.82, 2.24) is 10.3 Å². The van der Waals surface area contributed by atoms with Gasteiger partial charge in [0.1, 0.15) is 0 Å². The van der Waals surface area contributed by atoms with E-state index in [4.69, 9.17) is 0 Å². The van der Waals surface area contributed by atoms with Crippen LogP contribution in [-0.4, -0.2) is 29.3 Å². The van der Waals surface area contributed by atoms with E-state index in [1.54, 1.807) is 6.20 Å². The zero-order valence-electron chi connectivity index (χ0n) is 9.48. The summed E-state index contributed by atoms with van der Waals surface area (Å²) >= 11 is 0. The van der Waals surface area contributed by atoms with Crippen molar-refractivity contribution in [2.75, 3.05) is 13.1 Å². The maximum absolute atomic E-state index is 9.55. The highest BCUT2D eigenvalue weighted by atomic mass is 16.3. The SMILES string of the molecule is CC(C)C(O)CNCCc1cccnc1. The number of pyridine rings is 1. The van der Waals surface area contributed by atoms with Crippen LogP contribution in [0.3, 0.4) is 0 Å². The van der Waals surface area contributed by atoms with Crippen LogP contribution in [0.5, 0.6) is 0 Å². The molecule has 0 aliphatic rings. The summed E-state index contributed by atoms with van der Waals surface area (Å²) in [4.78, 5) is 4.05. The molecule has 0 spiro atoms. The fraction of sp³-hybridized carbons (Fsp3) is 0.583. The molecule has 0 fully saturated rings. The molecule has 0 aliphatic heterocycles. The van der Waals surface area contributed by atoms with Crippen LogP contribution in [-0.2, 0) is 6.42 Å². The second-order valence-electron chi connectivity index (χ2n) is 4.13. The van der Waals surface area contributed by atoms with Crippen LogP contribution in [0.4, 0.5) is 0 Å². The topological polar surface area (TPSA) is 45.1 Å². The van der Waals surface area contributed by atoms with Gasteiger partial charge in [-0.3, -0.25) is 4.98 Å². The van der Waals surface area contributed by atoms with Gasteiger partial charge in [0, 0.05) is 18.9 Å². The molecular weight excluding hydrogens is 188 g/mol. The third kappa shape index (κ3) is 4.91. The smallest absolute Gasteiger partial charge is 0.0687 e. The second-order valence-corrected chi connectivity index (χ2v) is 4.13. The van der Waals surface area contributed by atoms with E-state index in [0.717, 1.165) is 13.0 Å². The van der Waals surface area contributed by atoms with Gasteiger partial charge in [0.05, 0.1) is 6.10 Å². The first-order valence-electron chi connectivity index (χ1n) is 5.48. The highest BCUT2D eigenvalue weighted by Crippen LogP contribution is 1.99. The van der Waals surface area contributed by atoms with Crippen LogP contribution in [0.1, 0.15) is 19.4 Å². The van der Waals surface area contributed by atoms with Crippen molar-refractivity contribution in [3.05, 3.63) is 30.1 Å². The molecule has 0 saturated heterocycles. The normalized spacial score (nSPS) is 13.1. The Balaban J connectivity index is 2.12. The van der Waals surface area contributed by atoms with Crippen LogP contribution in [0.15, 0.2) is 24.5 Å². The molecule has 1 rings (SSSR count). The number of nitrogens with zero attached hydrogens (tertiary/aromatic N) is 1. The van der Waals surface area contributed by atoms with Gasteiger partial charge in [-0.05, 0) is 30.5 Å². The molecule has 1 unspecified atom stereocenters. The average Bonchev–Trinajstić information content (AvgIpc) is 2.25. The van der Waals surface area contributed by atoms with E-state index >= 15 is 0 Å². The molecule has 3 heteroatoms. The Bertz CT molecular complexity index is 262. The largest absolute Gasteiger partial charge is 0.392 e. The number of aliphatic hydroxyl groups is 1. The Morgan fingerprint density at radius 3 is 2.87 bits per heavy atom. The van der Waals surface area contributed by atoms with Crippen LogP contribution in [0.2, 0.25) is 0 Å². The van der Waals surface area contributed by atoms with Crippen molar-refractivity contribution < 1.29 is 5.11 Å². The van der Waals surface area contributed by atoms with Gasteiger partial charge in [0.25, 0.3) is 0 Å². The summed E-state index contributed by atoms with van der Waals surface area (Å²) in [6.45, 7) is 5.59. The molecule has 1 aromatic heterocycles. The number of hydrogen-bond acceptors (Lipinski definition) is 3. The first kappa shape index (κ1) is 12.1. The van der Waals surface area contributed by atoms with Gasteiger partial charge in [0.2, 0.25) is 0 Å². The molecule has 15 heavy (non-hydrogen) atoms. The molecule has 1 aromatic rings. The number of aliphatic hydroxyl groups excluding tert-OH is 1. The Hall–Kier alpha value is -0.930. The predicted molar refractivity (Wildman–Crippen MR) is 61.7 cm³/mol. The zero-order chi connectivity index (χ0) is 11.1. The number of nitrogens with one attached hydrogen (secondary N) is 1. The van der Waals surface area contributed by atoms with E-state index in [9.17, 15) is 5.11 Å². The Kier molecular flexibility index (Phi) is 5.29. The summed E-state index contributed by atoms with van der Waals surface area (Å²) in [6.07, 6.45) is 4.36. The molecule has 1 heterocycles. The first-order valence-corrected chi connectivity index (χ1v) is 5.48. The molecule has 0 radical (unpaired) electrons. The highest BCUT2D eigenvalue weighted by molar-refractivity contribution is 5.08. The highest BCUT2D eigenvalue weighted by Gasteiger charge is 2.07. The van der Waals surface area contributed by atoms with Gasteiger partial charge >= 0.3 is 0 Å². The second kappa shape index (κ2) is 6.53. The molecule has 0 amide bonds. The van der Waals surface area contributed by atoms with E-state index in [0.29, 0.717) is 12.5 Å². The van der Waals surface area contributed by atoms with E-state index in [-0.39, 0.29) is 6.10 Å². The van der Waals surface area contributed by atoms with Gasteiger partial charge in [-0.1, -0.05) is 19.9 Å². The van der Waals surface area contributed by atoms with E-state index in [1.165, 1.54) is 5.56 Å². The van der Waals surface area contributed by atoms with Gasteiger partial charge < -0.3 is 10.4 Å². The third-order valence-corrected chi connectivity index (χ3v) is 2.44. The minimum Gasteiger partial charge on any atom is -0.392 e. The van der Waals surface area contributed by atoms with Gasteiger partial charge in [-0.25, -0.2) is 0 Å². The molecular formula is C12H20N2O. The monoisotopic (exact) mass is 208 g/mol. The lowest BCUT2D eigenvalue weighted by Crippen LogP contribution is -2.31. The van der Waals surface area contributed by atoms with Crippen molar-refractivity contribution in [3.8, 4) is 0 Å². The third-order valence-electron chi connectivity index (χ3n) is 2.44. The van der Waals surface area contributed by atoms with E-state index in [1.807, 2.05) is 26.1 Å². The van der Waals surface area contributed by atoms with Crippen LogP contribution >= 0.6 is 0 Å². The Labute approximate surface area is 91.5 Å². The molecule has 0 aromatic carbocycles. The Morgan fingerprint density at radius 2 is 2.27 bits per heavy atom. The van der Waals surface area contributed by atoms with Crippen LogP contribution in [0.25, 0.3) is 0 Å². The predicted octanol–water partition coefficient (Wildman–Crippen LogP) is 1.23. The maximum Gasteiger partial charge on any atom is 0.0687 e. The van der Waals surface area contributed by atoms with Gasteiger partial charge in [-0.15, -0.1) is 0 Å². The van der Waals surface area contributed by atoms with E-state index in [2.05, 4.69) is 16.4 Å². The quantitative estimate of drug-likeness (QED) is 0.691. The van der Waals surface area contributed by atoms with Crippen LogP contribution < -0.4 is 5.32 Å². The van der Waals surface area contributed by atoms with Crippen molar-refractivity contribution in [1.29, 1.82) is 0 Å². The molecule has 1 atom stereocenters. The number of rotatable bonds is 6. The fourth-order valence-corrected chi connectivity index (χ4v) is 1.26. The zero-order valence-corrected chi connectivity index (χ0v) is 9.48. The summed E-state index contributed by atoms with van der Waals surface area (Å²) in [7, 11) is 0. The standard InChI is InChI=1S/C12H20N2O/c1-10(2)12(15)9-14-7-5-11-4-3-6-13-8-11/h3-4,6,8,10,12,14-15H,5,7,9H2,1-2H3. The van der Waals surface area contributed by atoms with Crippen molar-refractivity contribution >= 4 is 0 Å². The number of hydrogen-bond donors (Lipinski definition) is 2. The number of aromatic nitrogens is 1. The van der Waals surface area contributed by atoms with E-state index < -0.39 is 0 Å². The lowest BCUT2D eigenvalue weighted by atomic mass is 10.1. The lowest BCUT2D eigenvalue weighted by Gasteiger charge is -2.14. The molecule has 0 saturated carbocycles. The lowest BCUT2D eigenvalue weighted by molar-refractivity contribution is 0.124. The maximum atomic E-state index is 9.55. The van der Waals surface area contributed by atoms with Crippen molar-refractivity contribution in [3.63, 3.8) is 0 Å². The summed E-state index contributed by atoms with van der Waals surface area (Å²) in [5, 5.41) is 12.8. The van der Waals surface area contributed by atoms with Crippen molar-refractivity contribution in [2.45, 2.75) is 26.4 Å².